The highest BCUT2D eigenvalue weighted by molar-refractivity contribution is 6.00. The summed E-state index contributed by atoms with van der Waals surface area (Å²) in [6.07, 6.45) is -4.37. The van der Waals surface area contributed by atoms with Crippen molar-refractivity contribution in [2.45, 2.75) is 20.0 Å². The van der Waals surface area contributed by atoms with Crippen LogP contribution in [0, 0.1) is 11.3 Å². The van der Waals surface area contributed by atoms with E-state index in [1.54, 1.807) is 6.92 Å². The molecule has 0 unspecified atom stereocenters. The third kappa shape index (κ3) is 3.98. The van der Waals surface area contributed by atoms with E-state index in [0.29, 0.717) is 0 Å². The number of alkyl halides is 3. The van der Waals surface area contributed by atoms with E-state index in [0.717, 1.165) is 4.90 Å². The Bertz CT molecular complexity index is 518. The molecule has 0 aliphatic rings. The highest BCUT2D eigenvalue weighted by Gasteiger charge is 2.31. The van der Waals surface area contributed by atoms with Crippen LogP contribution in [0.5, 0.6) is 0 Å². The first-order chi connectivity index (χ1) is 8.78. The molecule has 0 aliphatic heterocycles. The van der Waals surface area contributed by atoms with Crippen LogP contribution in [0.1, 0.15) is 29.8 Å². The van der Waals surface area contributed by atoms with Crippen LogP contribution in [0.3, 0.4) is 0 Å². The second-order valence-corrected chi connectivity index (χ2v) is 4.03. The van der Waals surface area contributed by atoms with Gasteiger partial charge in [-0.05, 0) is 32.0 Å². The van der Waals surface area contributed by atoms with E-state index >= 15 is 0 Å². The van der Waals surface area contributed by atoms with Crippen LogP contribution in [-0.4, -0.2) is 25.0 Å². The predicted molar refractivity (Wildman–Crippen MR) is 65.1 cm³/mol. The first kappa shape index (κ1) is 15.0. The molecule has 0 fully saturated rings. The molecule has 3 nitrogen and oxygen atoms in total. The maximum Gasteiger partial charge on any atom is 0.405 e. The smallest absolute Gasteiger partial charge is 0.362 e. The number of benzene rings is 1. The molecule has 0 bridgehead atoms. The second-order valence-electron chi connectivity index (χ2n) is 4.03. The van der Waals surface area contributed by atoms with Gasteiger partial charge in [-0.15, -0.1) is 0 Å². The topological polar surface area (TPSA) is 44.1 Å². The van der Waals surface area contributed by atoms with Crippen molar-refractivity contribution in [1.82, 2.24) is 0 Å². The van der Waals surface area contributed by atoms with Crippen molar-refractivity contribution in [3.05, 3.63) is 29.3 Å². The molecule has 0 N–H and O–H groups in total. The Morgan fingerprint density at radius 1 is 1.42 bits per heavy atom. The van der Waals surface area contributed by atoms with E-state index in [2.05, 4.69) is 0 Å². The van der Waals surface area contributed by atoms with Gasteiger partial charge >= 0.3 is 6.18 Å². The Kier molecular flexibility index (Phi) is 4.54. The maximum atomic E-state index is 12.5. The van der Waals surface area contributed by atoms with Gasteiger partial charge in [0, 0.05) is 17.8 Å². The average Bonchev–Trinajstić information content (AvgIpc) is 2.33. The monoisotopic (exact) mass is 270 g/mol. The lowest BCUT2D eigenvalue weighted by atomic mass is 10.1. The van der Waals surface area contributed by atoms with Crippen LogP contribution in [0.2, 0.25) is 0 Å². The molecule has 0 heterocycles. The molecule has 19 heavy (non-hydrogen) atoms. The average molecular weight is 270 g/mol. The third-order valence-electron chi connectivity index (χ3n) is 2.60. The van der Waals surface area contributed by atoms with Crippen LogP contribution in [0.4, 0.5) is 18.9 Å². The Morgan fingerprint density at radius 3 is 2.47 bits per heavy atom. The van der Waals surface area contributed by atoms with E-state index < -0.39 is 12.7 Å². The van der Waals surface area contributed by atoms with Gasteiger partial charge in [-0.2, -0.15) is 18.4 Å². The molecule has 102 valence electrons. The van der Waals surface area contributed by atoms with Gasteiger partial charge in [0.1, 0.15) is 6.54 Å². The van der Waals surface area contributed by atoms with E-state index in [1.165, 1.54) is 25.1 Å². The van der Waals surface area contributed by atoms with Crippen molar-refractivity contribution in [1.29, 1.82) is 5.26 Å². The van der Waals surface area contributed by atoms with Gasteiger partial charge < -0.3 is 4.90 Å². The number of nitriles is 1. The minimum absolute atomic E-state index is 0.0919. The predicted octanol–water partition coefficient (Wildman–Crippen LogP) is 3.15. The number of nitrogens with zero attached hydrogens (tertiary/aromatic N) is 2. The van der Waals surface area contributed by atoms with Crippen molar-refractivity contribution in [3.63, 3.8) is 0 Å². The second kappa shape index (κ2) is 5.74. The molecule has 1 aromatic rings. The van der Waals surface area contributed by atoms with Crippen LogP contribution >= 0.6 is 0 Å². The van der Waals surface area contributed by atoms with Crippen molar-refractivity contribution >= 4 is 11.5 Å². The number of rotatable bonds is 4. The molecule has 0 saturated carbocycles. The van der Waals surface area contributed by atoms with Crippen molar-refractivity contribution in [2.24, 2.45) is 0 Å². The Labute approximate surface area is 109 Å². The maximum absolute atomic E-state index is 12.5. The summed E-state index contributed by atoms with van der Waals surface area (Å²) in [5.41, 5.74) is 0.553. The van der Waals surface area contributed by atoms with E-state index in [4.69, 9.17) is 5.26 Å². The van der Waals surface area contributed by atoms with E-state index in [-0.39, 0.29) is 29.1 Å². The van der Waals surface area contributed by atoms with Gasteiger partial charge in [0.25, 0.3) is 0 Å². The molecular weight excluding hydrogens is 257 g/mol. The fourth-order valence-electron chi connectivity index (χ4n) is 1.74. The molecule has 0 aliphatic carbocycles. The summed E-state index contributed by atoms with van der Waals surface area (Å²) in [4.78, 5) is 12.5. The minimum Gasteiger partial charge on any atom is -0.362 e. The number of carbonyl (C=O) groups excluding carboxylic acids is 1. The molecule has 6 heteroatoms. The summed E-state index contributed by atoms with van der Waals surface area (Å²) in [7, 11) is 0. The zero-order valence-electron chi connectivity index (χ0n) is 10.6. The molecule has 1 aromatic carbocycles. The number of anilines is 1. The summed E-state index contributed by atoms with van der Waals surface area (Å²) in [6.45, 7) is 1.79. The number of hydrogen-bond donors (Lipinski definition) is 0. The Morgan fingerprint density at radius 2 is 2.05 bits per heavy atom. The Balaban J connectivity index is 3.28. The summed E-state index contributed by atoms with van der Waals surface area (Å²) < 4.78 is 37.5. The standard InChI is InChI=1S/C13H13F3N2O/c1-3-18(8-13(14,15)16)12-6-10(7-17)4-5-11(12)9(2)19/h4-6H,3,8H2,1-2H3. The van der Waals surface area contributed by atoms with E-state index in [1.807, 2.05) is 6.07 Å². The van der Waals surface area contributed by atoms with Gasteiger partial charge in [-0.25, -0.2) is 0 Å². The van der Waals surface area contributed by atoms with Crippen molar-refractivity contribution in [3.8, 4) is 6.07 Å². The van der Waals surface area contributed by atoms with Gasteiger partial charge in [0.05, 0.1) is 11.6 Å². The summed E-state index contributed by atoms with van der Waals surface area (Å²) in [6, 6.07) is 5.97. The van der Waals surface area contributed by atoms with Crippen LogP contribution < -0.4 is 4.90 Å². The van der Waals surface area contributed by atoms with E-state index in [9.17, 15) is 18.0 Å². The SMILES string of the molecule is CCN(CC(F)(F)F)c1cc(C#N)ccc1C(C)=O. The number of halogens is 3. The lowest BCUT2D eigenvalue weighted by Gasteiger charge is -2.26. The zero-order valence-corrected chi connectivity index (χ0v) is 10.6. The van der Waals surface area contributed by atoms with Gasteiger partial charge in [-0.1, -0.05) is 0 Å². The molecule has 0 amide bonds. The largest absolute Gasteiger partial charge is 0.405 e. The number of Topliss-reactive ketones (excluding diaryl/α,β-unsaturated/α-hetero) is 1. The van der Waals surface area contributed by atoms with Crippen LogP contribution in [-0.2, 0) is 0 Å². The highest BCUT2D eigenvalue weighted by atomic mass is 19.4. The van der Waals surface area contributed by atoms with Crippen molar-refractivity contribution < 1.29 is 18.0 Å². The van der Waals surface area contributed by atoms with Crippen LogP contribution in [0.15, 0.2) is 18.2 Å². The molecular formula is C13H13F3N2O. The van der Waals surface area contributed by atoms with Gasteiger partial charge in [0.15, 0.2) is 5.78 Å². The third-order valence-corrected chi connectivity index (χ3v) is 2.60. The number of carbonyl (C=O) groups is 1. The lowest BCUT2D eigenvalue weighted by molar-refractivity contribution is -0.119. The molecule has 0 aromatic heterocycles. The normalized spacial score (nSPS) is 10.9. The molecule has 0 atom stereocenters. The fraction of sp³-hybridized carbons (Fsp3) is 0.385. The van der Waals surface area contributed by atoms with Crippen LogP contribution in [0.25, 0.3) is 0 Å². The first-order valence-corrected chi connectivity index (χ1v) is 5.65. The molecule has 0 spiro atoms. The lowest BCUT2D eigenvalue weighted by Crippen LogP contribution is -2.35. The highest BCUT2D eigenvalue weighted by Crippen LogP contribution is 2.26. The summed E-state index contributed by atoms with van der Waals surface area (Å²) in [5.74, 6) is -0.333. The Hall–Kier alpha value is -2.03. The van der Waals surface area contributed by atoms with Gasteiger partial charge in [-0.3, -0.25) is 4.79 Å². The number of hydrogen-bond acceptors (Lipinski definition) is 3. The van der Waals surface area contributed by atoms with Crippen molar-refractivity contribution in [2.75, 3.05) is 18.0 Å². The summed E-state index contributed by atoms with van der Waals surface area (Å²) >= 11 is 0. The minimum atomic E-state index is -4.37. The zero-order chi connectivity index (χ0) is 14.6. The van der Waals surface area contributed by atoms with Gasteiger partial charge in [0.2, 0.25) is 0 Å². The first-order valence-electron chi connectivity index (χ1n) is 5.65. The quantitative estimate of drug-likeness (QED) is 0.789. The molecule has 1 rings (SSSR count). The molecule has 0 saturated heterocycles. The fourth-order valence-corrected chi connectivity index (χ4v) is 1.74. The summed E-state index contributed by atoms with van der Waals surface area (Å²) in [5, 5.41) is 8.80. The number of ketones is 1. The molecule has 0 radical (unpaired) electrons.